The molecule has 6 nitrogen and oxygen atoms in total. The number of rotatable bonds is 7. The highest BCUT2D eigenvalue weighted by Gasteiger charge is 2.09. The molecule has 0 aliphatic rings. The molecular weight excluding hydrogens is 338 g/mol. The zero-order valence-corrected chi connectivity index (χ0v) is 14.5. The summed E-state index contributed by atoms with van der Waals surface area (Å²) < 4.78 is 10.8. The maximum absolute atomic E-state index is 11.2. The molecular formula is C18H17N3O3S. The quantitative estimate of drug-likeness (QED) is 0.655. The number of methoxy groups -OCH3 is 1. The van der Waals surface area contributed by atoms with Crippen molar-refractivity contribution in [3.63, 3.8) is 0 Å². The molecule has 0 atom stereocenters. The molecule has 1 amide bonds. The fraction of sp³-hybridized carbons (Fsp3) is 0.167. The van der Waals surface area contributed by atoms with Gasteiger partial charge in [0, 0.05) is 11.3 Å². The van der Waals surface area contributed by atoms with Crippen LogP contribution in [0.5, 0.6) is 5.75 Å². The zero-order chi connectivity index (χ0) is 17.6. The standard InChI is InChI=1S/C18H17N3O3S/c1-23-15-7-5-12(6-8-15)10-16-20-21-18(24-16)25-11-13-3-2-4-14(9-13)17(19)22/h2-9H,10-11H2,1H3,(H2,19,22). The van der Waals surface area contributed by atoms with Gasteiger partial charge in [-0.3, -0.25) is 4.79 Å². The van der Waals surface area contributed by atoms with Gasteiger partial charge in [-0.15, -0.1) is 10.2 Å². The predicted molar refractivity (Wildman–Crippen MR) is 94.6 cm³/mol. The lowest BCUT2D eigenvalue weighted by molar-refractivity contribution is 0.1000. The molecule has 0 unspecified atom stereocenters. The van der Waals surface area contributed by atoms with Crippen molar-refractivity contribution in [1.29, 1.82) is 0 Å². The molecule has 2 N–H and O–H groups in total. The van der Waals surface area contributed by atoms with Crippen LogP contribution in [0.4, 0.5) is 0 Å². The second-order valence-electron chi connectivity index (χ2n) is 5.34. The number of thioether (sulfide) groups is 1. The van der Waals surface area contributed by atoms with E-state index in [4.69, 9.17) is 14.9 Å². The van der Waals surface area contributed by atoms with Gasteiger partial charge >= 0.3 is 0 Å². The van der Waals surface area contributed by atoms with E-state index in [1.807, 2.05) is 30.3 Å². The van der Waals surface area contributed by atoms with Crippen LogP contribution in [-0.4, -0.2) is 23.2 Å². The Kier molecular flexibility index (Phi) is 5.35. The number of primary amides is 1. The maximum atomic E-state index is 11.2. The van der Waals surface area contributed by atoms with Crippen LogP contribution in [0, 0.1) is 0 Å². The third-order valence-corrected chi connectivity index (χ3v) is 4.43. The Morgan fingerprint density at radius 1 is 1.16 bits per heavy atom. The summed E-state index contributed by atoms with van der Waals surface area (Å²) in [5.41, 5.74) is 7.81. The van der Waals surface area contributed by atoms with Crippen LogP contribution >= 0.6 is 11.8 Å². The Bertz CT molecular complexity index is 862. The number of amides is 1. The monoisotopic (exact) mass is 355 g/mol. The molecule has 0 saturated carbocycles. The van der Waals surface area contributed by atoms with E-state index in [2.05, 4.69) is 10.2 Å². The van der Waals surface area contributed by atoms with Crippen molar-refractivity contribution >= 4 is 17.7 Å². The molecule has 0 aliphatic carbocycles. The summed E-state index contributed by atoms with van der Waals surface area (Å²) in [7, 11) is 1.63. The second kappa shape index (κ2) is 7.85. The summed E-state index contributed by atoms with van der Waals surface area (Å²) in [6.45, 7) is 0. The highest BCUT2D eigenvalue weighted by molar-refractivity contribution is 7.98. The summed E-state index contributed by atoms with van der Waals surface area (Å²) >= 11 is 1.42. The van der Waals surface area contributed by atoms with Crippen LogP contribution in [0.3, 0.4) is 0 Å². The van der Waals surface area contributed by atoms with Crippen molar-refractivity contribution in [2.24, 2.45) is 5.73 Å². The van der Waals surface area contributed by atoms with Crippen molar-refractivity contribution < 1.29 is 13.9 Å². The van der Waals surface area contributed by atoms with Crippen molar-refractivity contribution in [2.45, 2.75) is 17.4 Å². The number of nitrogens with two attached hydrogens (primary N) is 1. The molecule has 0 fully saturated rings. The summed E-state index contributed by atoms with van der Waals surface area (Å²) in [6.07, 6.45) is 0.564. The first-order valence-corrected chi connectivity index (χ1v) is 8.59. The fourth-order valence-electron chi connectivity index (χ4n) is 2.25. The molecule has 25 heavy (non-hydrogen) atoms. The molecule has 2 aromatic carbocycles. The van der Waals surface area contributed by atoms with E-state index in [0.717, 1.165) is 16.9 Å². The molecule has 0 saturated heterocycles. The predicted octanol–water partition coefficient (Wildman–Crippen LogP) is 3.06. The van der Waals surface area contributed by atoms with Gasteiger partial charge in [0.1, 0.15) is 5.75 Å². The summed E-state index contributed by atoms with van der Waals surface area (Å²) in [5.74, 6) is 1.54. The highest BCUT2D eigenvalue weighted by atomic mass is 32.2. The van der Waals surface area contributed by atoms with E-state index < -0.39 is 5.91 Å². The smallest absolute Gasteiger partial charge is 0.276 e. The average molecular weight is 355 g/mol. The average Bonchev–Trinajstić information content (AvgIpc) is 3.08. The molecule has 1 aromatic heterocycles. The molecule has 0 radical (unpaired) electrons. The van der Waals surface area contributed by atoms with Crippen LogP contribution in [0.15, 0.2) is 58.2 Å². The molecule has 3 rings (SSSR count). The van der Waals surface area contributed by atoms with Gasteiger partial charge in [-0.25, -0.2) is 0 Å². The third-order valence-electron chi connectivity index (χ3n) is 3.54. The summed E-state index contributed by atoms with van der Waals surface area (Å²) in [5, 5.41) is 8.61. The number of ether oxygens (including phenoxy) is 1. The maximum Gasteiger partial charge on any atom is 0.276 e. The van der Waals surface area contributed by atoms with Crippen molar-refractivity contribution in [1.82, 2.24) is 10.2 Å². The molecule has 0 aliphatic heterocycles. The molecule has 1 heterocycles. The number of benzene rings is 2. The SMILES string of the molecule is COc1ccc(Cc2nnc(SCc3cccc(C(N)=O)c3)o2)cc1. The van der Waals surface area contributed by atoms with E-state index in [9.17, 15) is 4.79 Å². The lowest BCUT2D eigenvalue weighted by atomic mass is 10.1. The van der Waals surface area contributed by atoms with E-state index in [1.165, 1.54) is 11.8 Å². The van der Waals surface area contributed by atoms with E-state index in [1.54, 1.807) is 25.3 Å². The first-order valence-electron chi connectivity index (χ1n) is 7.61. The van der Waals surface area contributed by atoms with Gasteiger partial charge in [0.05, 0.1) is 13.5 Å². The molecule has 0 spiro atoms. The molecule has 3 aromatic rings. The third kappa shape index (κ3) is 4.60. The van der Waals surface area contributed by atoms with Crippen LogP contribution < -0.4 is 10.5 Å². The minimum absolute atomic E-state index is 0.439. The van der Waals surface area contributed by atoms with Crippen molar-refractivity contribution in [3.05, 3.63) is 71.1 Å². The summed E-state index contributed by atoms with van der Waals surface area (Å²) in [4.78, 5) is 11.2. The number of hydrogen-bond acceptors (Lipinski definition) is 6. The number of carbonyl (C=O) groups excluding carboxylic acids is 1. The van der Waals surface area contributed by atoms with Gasteiger partial charge in [0.2, 0.25) is 11.8 Å². The number of carbonyl (C=O) groups is 1. The fourth-order valence-corrected chi connectivity index (χ4v) is 2.97. The second-order valence-corrected chi connectivity index (χ2v) is 6.27. The van der Waals surface area contributed by atoms with E-state index >= 15 is 0 Å². The Balaban J connectivity index is 1.59. The Morgan fingerprint density at radius 3 is 2.68 bits per heavy atom. The van der Waals surface area contributed by atoms with Gasteiger partial charge in [0.25, 0.3) is 5.22 Å². The van der Waals surface area contributed by atoms with Gasteiger partial charge in [0.15, 0.2) is 0 Å². The first-order chi connectivity index (χ1) is 12.1. The normalized spacial score (nSPS) is 10.6. The Morgan fingerprint density at radius 2 is 1.96 bits per heavy atom. The van der Waals surface area contributed by atoms with E-state index in [-0.39, 0.29) is 0 Å². The number of nitrogens with zero attached hydrogens (tertiary/aromatic N) is 2. The van der Waals surface area contributed by atoms with Gasteiger partial charge in [-0.2, -0.15) is 0 Å². The van der Waals surface area contributed by atoms with Gasteiger partial charge < -0.3 is 14.9 Å². The first kappa shape index (κ1) is 17.0. The van der Waals surface area contributed by atoms with Crippen molar-refractivity contribution in [3.8, 4) is 5.75 Å². The largest absolute Gasteiger partial charge is 0.497 e. The lowest BCUT2D eigenvalue weighted by Crippen LogP contribution is -2.10. The summed E-state index contributed by atoms with van der Waals surface area (Å²) in [6, 6.07) is 14.9. The minimum Gasteiger partial charge on any atom is -0.497 e. The topological polar surface area (TPSA) is 91.2 Å². The number of hydrogen-bond donors (Lipinski definition) is 1. The molecule has 128 valence electrons. The zero-order valence-electron chi connectivity index (χ0n) is 13.6. The van der Waals surface area contributed by atoms with Crippen LogP contribution in [-0.2, 0) is 12.2 Å². The van der Waals surface area contributed by atoms with Gasteiger partial charge in [-0.05, 0) is 35.4 Å². The lowest BCUT2D eigenvalue weighted by Gasteiger charge is -2.01. The van der Waals surface area contributed by atoms with Gasteiger partial charge in [-0.1, -0.05) is 36.0 Å². The van der Waals surface area contributed by atoms with E-state index in [0.29, 0.717) is 28.9 Å². The van der Waals surface area contributed by atoms with Crippen LogP contribution in [0.2, 0.25) is 0 Å². The van der Waals surface area contributed by atoms with Crippen LogP contribution in [0.25, 0.3) is 0 Å². The highest BCUT2D eigenvalue weighted by Crippen LogP contribution is 2.23. The number of aromatic nitrogens is 2. The van der Waals surface area contributed by atoms with Crippen molar-refractivity contribution in [2.75, 3.05) is 7.11 Å². The Labute approximate surface area is 149 Å². The minimum atomic E-state index is -0.439. The molecule has 7 heteroatoms. The Hall–Kier alpha value is -2.80. The molecule has 0 bridgehead atoms. The van der Waals surface area contributed by atoms with Crippen LogP contribution in [0.1, 0.15) is 27.4 Å².